The first-order chi connectivity index (χ1) is 33.0. The van der Waals surface area contributed by atoms with E-state index < -0.39 is 5.41 Å². The average molecular weight is 856 g/mol. The second-order valence-electron chi connectivity index (χ2n) is 19.1. The zero-order valence-corrected chi connectivity index (χ0v) is 37.0. The Kier molecular flexibility index (Phi) is 7.22. The van der Waals surface area contributed by atoms with Crippen LogP contribution in [0.2, 0.25) is 0 Å². The Bertz CT molecular complexity index is 4110. The first-order valence-electron chi connectivity index (χ1n) is 23.3. The highest BCUT2D eigenvalue weighted by atomic mass is 16.3. The van der Waals surface area contributed by atoms with Crippen LogP contribution >= 0.6 is 0 Å². The molecule has 3 nitrogen and oxygen atoms in total. The number of anilines is 3. The Morgan fingerprint density at radius 1 is 0.313 bits per heavy atom. The lowest BCUT2D eigenvalue weighted by Gasteiger charge is -2.36. The highest BCUT2D eigenvalue weighted by Crippen LogP contribution is 2.63. The lowest BCUT2D eigenvalue weighted by Crippen LogP contribution is -2.29. The summed E-state index contributed by atoms with van der Waals surface area (Å²) in [4.78, 5) is 2.45. The van der Waals surface area contributed by atoms with Crippen molar-refractivity contribution in [1.29, 1.82) is 0 Å². The fourth-order valence-electron chi connectivity index (χ4n) is 12.6. The van der Waals surface area contributed by atoms with Gasteiger partial charge in [-0.05, 0) is 132 Å². The van der Waals surface area contributed by atoms with Crippen molar-refractivity contribution in [3.05, 3.63) is 246 Å². The molecule has 12 aromatic rings. The Labute approximate surface area is 387 Å². The first kappa shape index (κ1) is 36.9. The second-order valence-corrected chi connectivity index (χ2v) is 19.1. The SMILES string of the molecule is CC1(C)c2ccccc2-c2ccc(N(c3ccc4c(c3)C3(c5ccccc5-c5ccccc5-4)c4ccccc4-c4cc5c(cc43)oc3ccccc35)c3cccc4c3oc3ccccc34)cc21. The van der Waals surface area contributed by atoms with Gasteiger partial charge in [-0.15, -0.1) is 0 Å². The van der Waals surface area contributed by atoms with Crippen molar-refractivity contribution in [1.82, 2.24) is 0 Å². The predicted octanol–water partition coefficient (Wildman–Crippen LogP) is 17.3. The van der Waals surface area contributed by atoms with Crippen LogP contribution in [0.4, 0.5) is 17.1 Å². The molecule has 2 heterocycles. The van der Waals surface area contributed by atoms with Crippen molar-refractivity contribution >= 4 is 60.9 Å². The molecular weight excluding hydrogens is 815 g/mol. The minimum absolute atomic E-state index is 0.191. The third-order valence-corrected chi connectivity index (χ3v) is 15.5. The standard InChI is InChI=1S/C64H41NO2/c1-63(2)52-24-10-5-19-43(52)46-33-31-38(34-55(46)63)65(58-27-15-23-49-47-21-8-14-29-60(47)67-62(49)58)39-30-32-45-41-17-4-3-16-40(41)42-18-6-11-25-53(42)64(56(45)35-39)54-26-12-7-20-44(54)50-36-51-48-22-9-13-28-59(48)66-61(51)37-57(50)64/h3-37H,1-2H3. The summed E-state index contributed by atoms with van der Waals surface area (Å²) in [7, 11) is 0. The molecule has 67 heavy (non-hydrogen) atoms. The summed E-state index contributed by atoms with van der Waals surface area (Å²) in [6.45, 7) is 4.72. The number of hydrogen-bond donors (Lipinski definition) is 0. The molecule has 0 aliphatic heterocycles. The van der Waals surface area contributed by atoms with Gasteiger partial charge in [0.1, 0.15) is 16.7 Å². The highest BCUT2D eigenvalue weighted by Gasteiger charge is 2.50. The predicted molar refractivity (Wildman–Crippen MR) is 275 cm³/mol. The van der Waals surface area contributed by atoms with Gasteiger partial charge in [0.25, 0.3) is 0 Å². The van der Waals surface area contributed by atoms with E-state index in [-0.39, 0.29) is 5.41 Å². The van der Waals surface area contributed by atoms with E-state index in [1.165, 1.54) is 77.9 Å². The molecule has 3 aliphatic rings. The van der Waals surface area contributed by atoms with Crippen molar-refractivity contribution in [2.75, 3.05) is 4.90 Å². The number of furan rings is 2. The van der Waals surface area contributed by atoms with E-state index in [0.717, 1.165) is 60.9 Å². The first-order valence-corrected chi connectivity index (χ1v) is 23.3. The molecule has 1 atom stereocenters. The van der Waals surface area contributed by atoms with Crippen LogP contribution in [-0.4, -0.2) is 0 Å². The Morgan fingerprint density at radius 3 is 1.48 bits per heavy atom. The molecule has 2 aromatic heterocycles. The minimum Gasteiger partial charge on any atom is -0.456 e. The lowest BCUT2D eigenvalue weighted by atomic mass is 9.65. The van der Waals surface area contributed by atoms with Crippen molar-refractivity contribution in [2.24, 2.45) is 0 Å². The molecule has 0 bridgehead atoms. The van der Waals surface area contributed by atoms with Crippen molar-refractivity contribution < 1.29 is 8.83 Å². The molecule has 0 radical (unpaired) electrons. The molecule has 0 amide bonds. The Hall–Kier alpha value is -8.40. The van der Waals surface area contributed by atoms with Crippen LogP contribution in [-0.2, 0) is 10.8 Å². The Balaban J connectivity index is 1.07. The molecule has 15 rings (SSSR count). The summed E-state index contributed by atoms with van der Waals surface area (Å²) in [6.07, 6.45) is 0. The number of rotatable bonds is 3. The third kappa shape index (κ3) is 4.75. The van der Waals surface area contributed by atoms with Crippen LogP contribution in [0.5, 0.6) is 0 Å². The molecule has 0 N–H and O–H groups in total. The van der Waals surface area contributed by atoms with Crippen molar-refractivity contribution in [2.45, 2.75) is 24.7 Å². The van der Waals surface area contributed by atoms with Gasteiger partial charge in [-0.1, -0.05) is 172 Å². The number of para-hydroxylation sites is 3. The zero-order chi connectivity index (χ0) is 44.2. The van der Waals surface area contributed by atoms with E-state index in [2.05, 4.69) is 231 Å². The van der Waals surface area contributed by atoms with Crippen LogP contribution in [0.1, 0.15) is 47.2 Å². The number of nitrogens with zero attached hydrogens (tertiary/aromatic N) is 1. The molecule has 10 aromatic carbocycles. The monoisotopic (exact) mass is 855 g/mol. The van der Waals surface area contributed by atoms with E-state index in [1.54, 1.807) is 0 Å². The largest absolute Gasteiger partial charge is 0.456 e. The zero-order valence-electron chi connectivity index (χ0n) is 37.0. The molecule has 314 valence electrons. The maximum atomic E-state index is 6.92. The molecule has 0 saturated heterocycles. The fourth-order valence-corrected chi connectivity index (χ4v) is 12.6. The maximum absolute atomic E-state index is 6.92. The van der Waals surface area contributed by atoms with Crippen molar-refractivity contribution in [3.63, 3.8) is 0 Å². The minimum atomic E-state index is -0.724. The summed E-state index contributed by atoms with van der Waals surface area (Å²) in [5.74, 6) is 0. The molecule has 1 spiro atoms. The lowest BCUT2D eigenvalue weighted by molar-refractivity contribution is 0.660. The maximum Gasteiger partial charge on any atom is 0.159 e. The molecule has 3 aliphatic carbocycles. The van der Waals surface area contributed by atoms with Gasteiger partial charge in [-0.2, -0.15) is 0 Å². The quantitative estimate of drug-likeness (QED) is 0.177. The van der Waals surface area contributed by atoms with E-state index in [9.17, 15) is 0 Å². The van der Waals surface area contributed by atoms with Gasteiger partial charge in [0.05, 0.1) is 11.1 Å². The van der Waals surface area contributed by atoms with Crippen molar-refractivity contribution in [3.8, 4) is 44.5 Å². The summed E-state index contributed by atoms with van der Waals surface area (Å²) in [5.41, 5.74) is 23.3. The Morgan fingerprint density at radius 2 is 0.791 bits per heavy atom. The summed E-state index contributed by atoms with van der Waals surface area (Å²) in [6, 6.07) is 78.5. The van der Waals surface area contributed by atoms with Gasteiger partial charge >= 0.3 is 0 Å². The van der Waals surface area contributed by atoms with Crippen LogP contribution < -0.4 is 4.90 Å². The van der Waals surface area contributed by atoms with E-state index >= 15 is 0 Å². The number of benzene rings is 10. The van der Waals surface area contributed by atoms with Gasteiger partial charge in [0.15, 0.2) is 5.58 Å². The van der Waals surface area contributed by atoms with Gasteiger partial charge < -0.3 is 13.7 Å². The van der Waals surface area contributed by atoms with Crippen LogP contribution in [0.25, 0.3) is 88.4 Å². The molecule has 3 heteroatoms. The average Bonchev–Trinajstić information content (AvgIpc) is 4.07. The summed E-state index contributed by atoms with van der Waals surface area (Å²) >= 11 is 0. The van der Waals surface area contributed by atoms with E-state index in [0.29, 0.717) is 0 Å². The third-order valence-electron chi connectivity index (χ3n) is 15.5. The summed E-state index contributed by atoms with van der Waals surface area (Å²) < 4.78 is 13.7. The molecule has 0 fully saturated rings. The van der Waals surface area contributed by atoms with E-state index in [4.69, 9.17) is 8.83 Å². The topological polar surface area (TPSA) is 29.5 Å². The van der Waals surface area contributed by atoms with Gasteiger partial charge in [0, 0.05) is 38.3 Å². The second kappa shape index (κ2) is 13.1. The highest BCUT2D eigenvalue weighted by molar-refractivity contribution is 6.11. The van der Waals surface area contributed by atoms with E-state index in [1.807, 2.05) is 0 Å². The fraction of sp³-hybridized carbons (Fsp3) is 0.0625. The summed E-state index contributed by atoms with van der Waals surface area (Å²) in [5, 5.41) is 4.46. The van der Waals surface area contributed by atoms with Crippen LogP contribution in [0.3, 0.4) is 0 Å². The number of fused-ring (bicyclic) bond motifs is 21. The van der Waals surface area contributed by atoms with Crippen LogP contribution in [0, 0.1) is 0 Å². The van der Waals surface area contributed by atoms with Gasteiger partial charge in [0.2, 0.25) is 0 Å². The normalized spacial score (nSPS) is 15.8. The molecular formula is C64H41NO2. The van der Waals surface area contributed by atoms with Crippen LogP contribution in [0.15, 0.2) is 221 Å². The smallest absolute Gasteiger partial charge is 0.159 e. The molecule has 0 saturated carbocycles. The molecule has 1 unspecified atom stereocenters. The van der Waals surface area contributed by atoms with Gasteiger partial charge in [-0.3, -0.25) is 0 Å². The van der Waals surface area contributed by atoms with Gasteiger partial charge in [-0.25, -0.2) is 0 Å². The number of hydrogen-bond acceptors (Lipinski definition) is 3.